The molecule has 1 aromatic carbocycles. The van der Waals surface area contributed by atoms with E-state index in [0.717, 1.165) is 6.07 Å². The van der Waals surface area contributed by atoms with Gasteiger partial charge >= 0.3 is 12.1 Å². The number of hydrogen-bond acceptors (Lipinski definition) is 2. The van der Waals surface area contributed by atoms with Crippen LogP contribution >= 0.6 is 11.6 Å². The second-order valence-corrected chi connectivity index (χ2v) is 5.46. The van der Waals surface area contributed by atoms with Gasteiger partial charge in [-0.25, -0.2) is 4.39 Å². The molecule has 1 aliphatic heterocycles. The van der Waals surface area contributed by atoms with E-state index >= 15 is 0 Å². The third-order valence-electron chi connectivity index (χ3n) is 3.53. The predicted octanol–water partition coefficient (Wildman–Crippen LogP) is 3.17. The van der Waals surface area contributed by atoms with Crippen LogP contribution in [0.3, 0.4) is 0 Å². The molecule has 0 saturated carbocycles. The molecule has 1 N–H and O–H groups in total. The van der Waals surface area contributed by atoms with Gasteiger partial charge in [0.1, 0.15) is 5.82 Å². The molecule has 0 amide bonds. The molecule has 1 aliphatic rings. The standard InChI is InChI=1S/C13H12ClF4NO2/c14-8-1-2-11(15)7(3-8)4-19-5-9(12(20)21)10(6-19)13(16,17)18/h1-3,9-10H,4-6H2,(H,20,21)/t9-,10-/m1/s1. The number of nitrogens with zero attached hydrogens (tertiary/aromatic N) is 1. The molecular formula is C13H12ClF4NO2. The highest BCUT2D eigenvalue weighted by Gasteiger charge is 2.52. The Balaban J connectivity index is 2.16. The molecule has 3 nitrogen and oxygen atoms in total. The number of aliphatic carboxylic acids is 1. The lowest BCUT2D eigenvalue weighted by Gasteiger charge is -2.18. The predicted molar refractivity (Wildman–Crippen MR) is 67.4 cm³/mol. The van der Waals surface area contributed by atoms with Crippen molar-refractivity contribution >= 4 is 17.6 Å². The van der Waals surface area contributed by atoms with Crippen LogP contribution in [0.2, 0.25) is 5.02 Å². The SMILES string of the molecule is O=C(O)[C@@H]1CN(Cc2cc(Cl)ccc2F)C[C@H]1C(F)(F)F. The molecule has 1 saturated heterocycles. The fraction of sp³-hybridized carbons (Fsp3) is 0.462. The van der Waals surface area contributed by atoms with Gasteiger partial charge in [0.05, 0.1) is 11.8 Å². The molecule has 2 rings (SSSR count). The largest absolute Gasteiger partial charge is 0.481 e. The van der Waals surface area contributed by atoms with Gasteiger partial charge in [-0.3, -0.25) is 9.69 Å². The molecule has 0 aromatic heterocycles. The maximum Gasteiger partial charge on any atom is 0.393 e. The smallest absolute Gasteiger partial charge is 0.393 e. The first-order chi connectivity index (χ1) is 9.68. The molecule has 8 heteroatoms. The van der Waals surface area contributed by atoms with Gasteiger partial charge in [0, 0.05) is 30.2 Å². The first-order valence-corrected chi connectivity index (χ1v) is 6.52. The van der Waals surface area contributed by atoms with E-state index in [9.17, 15) is 22.4 Å². The molecule has 21 heavy (non-hydrogen) atoms. The summed E-state index contributed by atoms with van der Waals surface area (Å²) in [7, 11) is 0. The van der Waals surface area contributed by atoms with E-state index in [-0.39, 0.29) is 23.7 Å². The first kappa shape index (κ1) is 16.0. The van der Waals surface area contributed by atoms with Gasteiger partial charge in [-0.15, -0.1) is 0 Å². The Morgan fingerprint density at radius 1 is 1.38 bits per heavy atom. The summed E-state index contributed by atoms with van der Waals surface area (Å²) in [4.78, 5) is 12.2. The summed E-state index contributed by atoms with van der Waals surface area (Å²) in [5.74, 6) is -5.56. The van der Waals surface area contributed by atoms with Crippen molar-refractivity contribution in [1.29, 1.82) is 0 Å². The number of halogens is 5. The summed E-state index contributed by atoms with van der Waals surface area (Å²) in [6, 6.07) is 3.79. The molecule has 0 unspecified atom stereocenters. The number of hydrogen-bond donors (Lipinski definition) is 1. The van der Waals surface area contributed by atoms with Crippen LogP contribution in [0, 0.1) is 17.7 Å². The molecule has 1 heterocycles. The summed E-state index contributed by atoms with van der Waals surface area (Å²) in [5.41, 5.74) is 0.148. The molecule has 0 aliphatic carbocycles. The first-order valence-electron chi connectivity index (χ1n) is 6.14. The topological polar surface area (TPSA) is 40.5 Å². The minimum absolute atomic E-state index is 0.108. The van der Waals surface area contributed by atoms with Crippen molar-refractivity contribution in [2.75, 3.05) is 13.1 Å². The fourth-order valence-electron chi connectivity index (χ4n) is 2.50. The molecule has 116 valence electrons. The van der Waals surface area contributed by atoms with Crippen LogP contribution in [0.25, 0.3) is 0 Å². The van der Waals surface area contributed by atoms with Crippen molar-refractivity contribution in [1.82, 2.24) is 4.90 Å². The van der Waals surface area contributed by atoms with Crippen molar-refractivity contribution in [3.8, 4) is 0 Å². The average Bonchev–Trinajstić information content (AvgIpc) is 2.78. The van der Waals surface area contributed by atoms with Crippen molar-refractivity contribution < 1.29 is 27.5 Å². The van der Waals surface area contributed by atoms with E-state index in [1.807, 2.05) is 0 Å². The zero-order chi connectivity index (χ0) is 15.8. The highest BCUT2D eigenvalue weighted by atomic mass is 35.5. The van der Waals surface area contributed by atoms with E-state index in [2.05, 4.69) is 0 Å². The summed E-state index contributed by atoms with van der Waals surface area (Å²) >= 11 is 5.72. The summed E-state index contributed by atoms with van der Waals surface area (Å²) in [6.45, 7) is -0.847. The lowest BCUT2D eigenvalue weighted by atomic mass is 9.96. The fourth-order valence-corrected chi connectivity index (χ4v) is 2.70. The highest BCUT2D eigenvalue weighted by Crippen LogP contribution is 2.38. The maximum atomic E-state index is 13.6. The van der Waals surface area contributed by atoms with Crippen LogP contribution in [-0.4, -0.2) is 35.2 Å². The third kappa shape index (κ3) is 3.65. The van der Waals surface area contributed by atoms with Crippen LogP contribution in [0.15, 0.2) is 18.2 Å². The minimum atomic E-state index is -4.59. The number of alkyl halides is 3. The Morgan fingerprint density at radius 2 is 2.05 bits per heavy atom. The minimum Gasteiger partial charge on any atom is -0.481 e. The molecule has 0 bridgehead atoms. The van der Waals surface area contributed by atoms with Gasteiger partial charge < -0.3 is 5.11 Å². The van der Waals surface area contributed by atoms with Crippen LogP contribution in [0.1, 0.15) is 5.56 Å². The van der Waals surface area contributed by atoms with E-state index in [4.69, 9.17) is 16.7 Å². The molecule has 2 atom stereocenters. The summed E-state index contributed by atoms with van der Waals surface area (Å²) < 4.78 is 52.1. The van der Waals surface area contributed by atoms with E-state index in [1.165, 1.54) is 17.0 Å². The maximum absolute atomic E-state index is 13.6. The lowest BCUT2D eigenvalue weighted by Crippen LogP contribution is -2.33. The number of rotatable bonds is 3. The Bertz CT molecular complexity index is 549. The Kier molecular flexibility index (Phi) is 4.43. The van der Waals surface area contributed by atoms with Crippen LogP contribution in [-0.2, 0) is 11.3 Å². The number of carboxylic acid groups (broad SMARTS) is 1. The van der Waals surface area contributed by atoms with E-state index in [0.29, 0.717) is 0 Å². The molecule has 1 aromatic rings. The van der Waals surface area contributed by atoms with Gasteiger partial charge in [-0.2, -0.15) is 13.2 Å². The van der Waals surface area contributed by atoms with E-state index in [1.54, 1.807) is 0 Å². The quantitative estimate of drug-likeness (QED) is 0.868. The molecule has 0 spiro atoms. The van der Waals surface area contributed by atoms with Crippen molar-refractivity contribution in [3.63, 3.8) is 0 Å². The zero-order valence-electron chi connectivity index (χ0n) is 10.7. The van der Waals surface area contributed by atoms with Gasteiger partial charge in [0.15, 0.2) is 0 Å². The second-order valence-electron chi connectivity index (χ2n) is 5.02. The lowest BCUT2D eigenvalue weighted by molar-refractivity contribution is -0.188. The molecular weight excluding hydrogens is 314 g/mol. The van der Waals surface area contributed by atoms with Gasteiger partial charge in [-0.05, 0) is 18.2 Å². The van der Waals surface area contributed by atoms with Gasteiger partial charge in [0.25, 0.3) is 0 Å². The van der Waals surface area contributed by atoms with Crippen molar-refractivity contribution in [2.24, 2.45) is 11.8 Å². The zero-order valence-corrected chi connectivity index (χ0v) is 11.5. The third-order valence-corrected chi connectivity index (χ3v) is 3.77. The molecule has 0 radical (unpaired) electrons. The van der Waals surface area contributed by atoms with Crippen molar-refractivity contribution in [3.05, 3.63) is 34.6 Å². The van der Waals surface area contributed by atoms with Gasteiger partial charge in [-0.1, -0.05) is 11.6 Å². The monoisotopic (exact) mass is 325 g/mol. The Labute approximate surface area is 123 Å². The average molecular weight is 326 g/mol. The number of likely N-dealkylation sites (tertiary alicyclic amines) is 1. The van der Waals surface area contributed by atoms with Crippen LogP contribution in [0.4, 0.5) is 17.6 Å². The number of carboxylic acids is 1. The molecule has 1 fully saturated rings. The number of carbonyl (C=O) groups is 1. The summed E-state index contributed by atoms with van der Waals surface area (Å²) in [5, 5.41) is 9.18. The van der Waals surface area contributed by atoms with E-state index < -0.39 is 36.3 Å². The number of benzene rings is 1. The Morgan fingerprint density at radius 3 is 2.57 bits per heavy atom. The second kappa shape index (κ2) is 5.81. The highest BCUT2D eigenvalue weighted by molar-refractivity contribution is 6.30. The Hall–Kier alpha value is -1.34. The van der Waals surface area contributed by atoms with Crippen molar-refractivity contribution in [2.45, 2.75) is 12.7 Å². The van der Waals surface area contributed by atoms with Crippen LogP contribution < -0.4 is 0 Å². The normalized spacial score (nSPS) is 23.5. The van der Waals surface area contributed by atoms with Crippen LogP contribution in [0.5, 0.6) is 0 Å². The van der Waals surface area contributed by atoms with Gasteiger partial charge in [0.2, 0.25) is 0 Å². The summed E-state index contributed by atoms with van der Waals surface area (Å²) in [6.07, 6.45) is -4.59.